The molecule has 0 aliphatic rings. The fourth-order valence-corrected chi connectivity index (χ4v) is 3.56. The zero-order chi connectivity index (χ0) is 21.4. The molecule has 0 spiro atoms. The highest BCUT2D eigenvalue weighted by molar-refractivity contribution is 5.92. The quantitative estimate of drug-likeness (QED) is 0.491. The van der Waals surface area contributed by atoms with E-state index in [1.54, 1.807) is 12.1 Å². The van der Waals surface area contributed by atoms with E-state index in [0.717, 1.165) is 21.0 Å². The summed E-state index contributed by atoms with van der Waals surface area (Å²) in [6, 6.07) is 19.3. The molecule has 3 aromatic carbocycles. The van der Waals surface area contributed by atoms with Gasteiger partial charge in [0.15, 0.2) is 5.65 Å². The van der Waals surface area contributed by atoms with Crippen LogP contribution in [0.25, 0.3) is 27.5 Å². The second kappa shape index (κ2) is 7.49. The van der Waals surface area contributed by atoms with Gasteiger partial charge in [-0.05, 0) is 40.6 Å². The third-order valence-electron chi connectivity index (χ3n) is 5.04. The molecule has 0 bridgehead atoms. The smallest absolute Gasteiger partial charge is 0.273 e. The number of aromatic nitrogens is 4. The van der Waals surface area contributed by atoms with Crippen LogP contribution in [0.15, 0.2) is 84.0 Å². The van der Waals surface area contributed by atoms with E-state index in [1.165, 1.54) is 29.3 Å². The van der Waals surface area contributed by atoms with E-state index in [4.69, 9.17) is 0 Å². The first kappa shape index (κ1) is 18.7. The second-order valence-electron chi connectivity index (χ2n) is 7.04. The van der Waals surface area contributed by atoms with Gasteiger partial charge in [0.1, 0.15) is 17.5 Å². The first-order chi connectivity index (χ1) is 15.1. The number of nitrogens with zero attached hydrogens (tertiary/aromatic N) is 4. The van der Waals surface area contributed by atoms with Crippen LogP contribution in [0.1, 0.15) is 5.56 Å². The number of halogens is 1. The van der Waals surface area contributed by atoms with Gasteiger partial charge < -0.3 is 0 Å². The van der Waals surface area contributed by atoms with Crippen molar-refractivity contribution >= 4 is 27.7 Å². The number of hydrogen-bond donors (Lipinski definition) is 1. The lowest BCUT2D eigenvalue weighted by atomic mass is 10.0. The summed E-state index contributed by atoms with van der Waals surface area (Å²) in [6.45, 7) is 0. The molecule has 2 heterocycles. The van der Waals surface area contributed by atoms with Gasteiger partial charge in [-0.25, -0.2) is 18.7 Å². The Hall–Kier alpha value is -4.33. The summed E-state index contributed by atoms with van der Waals surface area (Å²) in [5, 5.41) is 6.45. The lowest BCUT2D eigenvalue weighted by molar-refractivity contribution is -0.116. The Balaban J connectivity index is 1.43. The molecule has 5 rings (SSSR count). The maximum absolute atomic E-state index is 13.2. The van der Waals surface area contributed by atoms with Crippen LogP contribution in [-0.2, 0) is 11.2 Å². The molecule has 1 N–H and O–H groups in total. The number of fused-ring (bicyclic) bond motifs is 2. The molecule has 0 radical (unpaired) electrons. The van der Waals surface area contributed by atoms with Crippen molar-refractivity contribution in [3.8, 4) is 5.69 Å². The van der Waals surface area contributed by atoms with Gasteiger partial charge in [-0.3, -0.25) is 15.0 Å². The average molecular weight is 413 g/mol. The third kappa shape index (κ3) is 3.44. The van der Waals surface area contributed by atoms with Gasteiger partial charge in [0.2, 0.25) is 5.91 Å². The third-order valence-corrected chi connectivity index (χ3v) is 5.04. The zero-order valence-electron chi connectivity index (χ0n) is 16.2. The number of carbonyl (C=O) groups excluding carboxylic acids is 1. The summed E-state index contributed by atoms with van der Waals surface area (Å²) in [7, 11) is 0. The van der Waals surface area contributed by atoms with Crippen molar-refractivity contribution in [2.75, 3.05) is 5.43 Å². The Morgan fingerprint density at radius 1 is 0.968 bits per heavy atom. The molecule has 2 aromatic heterocycles. The van der Waals surface area contributed by atoms with Crippen molar-refractivity contribution in [2.45, 2.75) is 6.42 Å². The van der Waals surface area contributed by atoms with Crippen molar-refractivity contribution < 1.29 is 9.18 Å². The number of benzene rings is 3. The van der Waals surface area contributed by atoms with E-state index in [2.05, 4.69) is 15.5 Å². The van der Waals surface area contributed by atoms with Gasteiger partial charge in [-0.1, -0.05) is 42.5 Å². The summed E-state index contributed by atoms with van der Waals surface area (Å²) in [6.07, 6.45) is 2.73. The maximum Gasteiger partial charge on any atom is 0.283 e. The van der Waals surface area contributed by atoms with Crippen molar-refractivity contribution in [2.24, 2.45) is 0 Å². The van der Waals surface area contributed by atoms with Gasteiger partial charge in [0.05, 0.1) is 18.3 Å². The van der Waals surface area contributed by atoms with Crippen LogP contribution in [0.2, 0.25) is 0 Å². The highest BCUT2D eigenvalue weighted by Crippen LogP contribution is 2.19. The molecule has 8 heteroatoms. The first-order valence-corrected chi connectivity index (χ1v) is 9.58. The largest absolute Gasteiger partial charge is 0.283 e. The normalized spacial score (nSPS) is 11.1. The van der Waals surface area contributed by atoms with Crippen LogP contribution in [0.5, 0.6) is 0 Å². The van der Waals surface area contributed by atoms with Crippen LogP contribution in [0, 0.1) is 5.82 Å². The Bertz CT molecular complexity index is 1480. The average Bonchev–Trinajstić information content (AvgIpc) is 3.21. The summed E-state index contributed by atoms with van der Waals surface area (Å²) < 4.78 is 15.7. The number of hydrogen-bond acceptors (Lipinski definition) is 4. The number of nitrogens with one attached hydrogen (secondary N) is 1. The lowest BCUT2D eigenvalue weighted by Gasteiger charge is -2.10. The second-order valence-corrected chi connectivity index (χ2v) is 7.04. The van der Waals surface area contributed by atoms with Crippen molar-refractivity contribution in [3.63, 3.8) is 0 Å². The van der Waals surface area contributed by atoms with Crippen LogP contribution < -0.4 is 11.0 Å². The molecule has 0 saturated heterocycles. The van der Waals surface area contributed by atoms with Crippen molar-refractivity contribution in [1.29, 1.82) is 0 Å². The molecule has 152 valence electrons. The molecule has 1 amide bonds. The number of carbonyl (C=O) groups is 1. The maximum atomic E-state index is 13.2. The van der Waals surface area contributed by atoms with E-state index in [0.29, 0.717) is 11.3 Å². The van der Waals surface area contributed by atoms with E-state index in [-0.39, 0.29) is 23.5 Å². The van der Waals surface area contributed by atoms with Crippen molar-refractivity contribution in [1.82, 2.24) is 19.4 Å². The molecule has 7 nitrogen and oxygen atoms in total. The molecule has 0 unspecified atom stereocenters. The number of amides is 1. The minimum atomic E-state index is -0.454. The Kier molecular flexibility index (Phi) is 4.51. The highest BCUT2D eigenvalue weighted by atomic mass is 19.1. The molecule has 5 aromatic rings. The summed E-state index contributed by atoms with van der Waals surface area (Å²) in [5.74, 6) is -0.713. The fourth-order valence-electron chi connectivity index (χ4n) is 3.56. The molecule has 0 aliphatic carbocycles. The van der Waals surface area contributed by atoms with Crippen LogP contribution in [0.3, 0.4) is 0 Å². The lowest BCUT2D eigenvalue weighted by Crippen LogP contribution is -2.34. The predicted molar refractivity (Wildman–Crippen MR) is 115 cm³/mol. The topological polar surface area (TPSA) is 81.8 Å². The van der Waals surface area contributed by atoms with E-state index in [1.807, 2.05) is 42.5 Å². The molecular formula is C23H16FN5O2. The Morgan fingerprint density at radius 2 is 1.74 bits per heavy atom. The monoisotopic (exact) mass is 413 g/mol. The summed E-state index contributed by atoms with van der Waals surface area (Å²) in [5.41, 5.74) is 3.88. The van der Waals surface area contributed by atoms with Crippen LogP contribution >= 0.6 is 0 Å². The molecule has 0 saturated carbocycles. The van der Waals surface area contributed by atoms with Gasteiger partial charge in [-0.2, -0.15) is 5.10 Å². The molecule has 0 aliphatic heterocycles. The summed E-state index contributed by atoms with van der Waals surface area (Å²) in [4.78, 5) is 29.7. The van der Waals surface area contributed by atoms with E-state index >= 15 is 0 Å². The molecule has 31 heavy (non-hydrogen) atoms. The highest BCUT2D eigenvalue weighted by Gasteiger charge is 2.14. The van der Waals surface area contributed by atoms with Gasteiger partial charge in [-0.15, -0.1) is 0 Å². The predicted octanol–water partition coefficient (Wildman–Crippen LogP) is 3.19. The van der Waals surface area contributed by atoms with Crippen molar-refractivity contribution in [3.05, 3.63) is 101 Å². The number of rotatable bonds is 4. The zero-order valence-corrected chi connectivity index (χ0v) is 16.2. The Labute approximate surface area is 175 Å². The van der Waals surface area contributed by atoms with E-state index < -0.39 is 5.56 Å². The molecule has 0 atom stereocenters. The van der Waals surface area contributed by atoms with Gasteiger partial charge in [0.25, 0.3) is 5.56 Å². The Morgan fingerprint density at radius 3 is 2.58 bits per heavy atom. The summed E-state index contributed by atoms with van der Waals surface area (Å²) >= 11 is 0. The molecule has 0 fully saturated rings. The molecular weight excluding hydrogens is 397 g/mol. The standard InChI is InChI=1S/C23H16FN5O2/c24-17-8-10-18(11-9-17)29-22-20(13-26-29)23(31)28(14-25-22)27-21(30)12-16-6-3-5-15-4-1-2-7-19(15)16/h1-11,13-14H,12H2,(H,27,30). The van der Waals surface area contributed by atoms with Crippen LogP contribution in [-0.4, -0.2) is 25.3 Å². The SMILES string of the molecule is O=C(Cc1cccc2ccccc12)Nn1cnc2c(cnn2-c2ccc(F)cc2)c1=O. The minimum Gasteiger partial charge on any atom is -0.273 e. The van der Waals surface area contributed by atoms with Gasteiger partial charge in [0, 0.05) is 0 Å². The van der Waals surface area contributed by atoms with Crippen LogP contribution in [0.4, 0.5) is 4.39 Å². The fraction of sp³-hybridized carbons (Fsp3) is 0.0435. The first-order valence-electron chi connectivity index (χ1n) is 9.58. The van der Waals surface area contributed by atoms with Gasteiger partial charge >= 0.3 is 0 Å². The van der Waals surface area contributed by atoms with E-state index in [9.17, 15) is 14.0 Å². The minimum absolute atomic E-state index is 0.112.